The lowest BCUT2D eigenvalue weighted by atomic mass is 10.0. The highest BCUT2D eigenvalue weighted by molar-refractivity contribution is 7.99. The summed E-state index contributed by atoms with van der Waals surface area (Å²) in [6.07, 6.45) is 0.337. The van der Waals surface area contributed by atoms with Crippen LogP contribution in [0.3, 0.4) is 0 Å². The van der Waals surface area contributed by atoms with E-state index < -0.39 is 11.9 Å². The first-order valence-corrected chi connectivity index (χ1v) is 13.6. The van der Waals surface area contributed by atoms with Crippen LogP contribution in [0.15, 0.2) is 66.7 Å². The predicted octanol–water partition coefficient (Wildman–Crippen LogP) is 6.80. The number of halogens is 4. The van der Waals surface area contributed by atoms with Gasteiger partial charge in [0, 0.05) is 35.8 Å². The molecule has 0 saturated carbocycles. The van der Waals surface area contributed by atoms with E-state index in [0.717, 1.165) is 11.1 Å². The van der Waals surface area contributed by atoms with Crippen LogP contribution >= 0.6 is 46.6 Å². The molecule has 4 nitrogen and oxygen atoms in total. The maximum absolute atomic E-state index is 14.2. The minimum absolute atomic E-state index is 0.0384. The minimum Gasteiger partial charge on any atom is -0.355 e. The van der Waals surface area contributed by atoms with E-state index >= 15 is 0 Å². The molecule has 0 bridgehead atoms. The molecule has 0 unspecified atom stereocenters. The Labute approximate surface area is 230 Å². The van der Waals surface area contributed by atoms with Crippen LogP contribution in [0.1, 0.15) is 23.6 Å². The van der Waals surface area contributed by atoms with Gasteiger partial charge in [-0.2, -0.15) is 0 Å². The fraction of sp³-hybridized carbons (Fsp3) is 0.259. The highest BCUT2D eigenvalue weighted by Crippen LogP contribution is 2.26. The Bertz CT molecular complexity index is 1180. The number of benzene rings is 3. The van der Waals surface area contributed by atoms with Gasteiger partial charge in [0.1, 0.15) is 11.9 Å². The van der Waals surface area contributed by atoms with Crippen LogP contribution in [0.5, 0.6) is 0 Å². The lowest BCUT2D eigenvalue weighted by molar-refractivity contribution is -0.139. The van der Waals surface area contributed by atoms with Gasteiger partial charge in [0.05, 0.1) is 15.8 Å². The van der Waals surface area contributed by atoms with Gasteiger partial charge in [0.15, 0.2) is 0 Å². The third kappa shape index (κ3) is 7.87. The van der Waals surface area contributed by atoms with Gasteiger partial charge in [-0.25, -0.2) is 4.39 Å². The molecule has 0 saturated heterocycles. The van der Waals surface area contributed by atoms with Crippen molar-refractivity contribution in [2.24, 2.45) is 0 Å². The summed E-state index contributed by atoms with van der Waals surface area (Å²) in [5.41, 5.74) is 2.01. The van der Waals surface area contributed by atoms with E-state index in [4.69, 9.17) is 34.8 Å². The number of amides is 2. The molecule has 0 spiro atoms. The van der Waals surface area contributed by atoms with E-state index in [9.17, 15) is 14.0 Å². The van der Waals surface area contributed by atoms with E-state index in [1.54, 1.807) is 29.2 Å². The number of carbonyl (C=O) groups excluding carboxylic acids is 2. The molecular formula is C27H26Cl3FN2O2S. The van der Waals surface area contributed by atoms with Crippen molar-refractivity contribution in [1.82, 2.24) is 10.2 Å². The molecule has 0 aromatic heterocycles. The average molecular weight is 568 g/mol. The Morgan fingerprint density at radius 2 is 1.69 bits per heavy atom. The van der Waals surface area contributed by atoms with Crippen LogP contribution in [0.25, 0.3) is 0 Å². The first-order valence-electron chi connectivity index (χ1n) is 11.4. The number of rotatable bonds is 11. The van der Waals surface area contributed by atoms with Crippen LogP contribution in [0.2, 0.25) is 15.1 Å². The van der Waals surface area contributed by atoms with E-state index in [1.807, 2.05) is 37.3 Å². The second-order valence-electron chi connectivity index (χ2n) is 8.06. The van der Waals surface area contributed by atoms with E-state index in [1.165, 1.54) is 23.9 Å². The van der Waals surface area contributed by atoms with E-state index in [2.05, 4.69) is 5.32 Å². The van der Waals surface area contributed by atoms with Crippen molar-refractivity contribution in [3.8, 4) is 0 Å². The number of hydrogen-bond acceptors (Lipinski definition) is 3. The van der Waals surface area contributed by atoms with Gasteiger partial charge in [0.25, 0.3) is 0 Å². The Balaban J connectivity index is 1.87. The summed E-state index contributed by atoms with van der Waals surface area (Å²) in [4.78, 5) is 28.3. The summed E-state index contributed by atoms with van der Waals surface area (Å²) in [5, 5.41) is 3.93. The number of hydrogen-bond donors (Lipinski definition) is 1. The third-order valence-electron chi connectivity index (χ3n) is 5.49. The number of nitrogens with one attached hydrogen (secondary N) is 1. The normalized spacial score (nSPS) is 11.7. The highest BCUT2D eigenvalue weighted by atomic mass is 35.5. The van der Waals surface area contributed by atoms with Gasteiger partial charge in [-0.1, -0.05) is 77.3 Å². The Kier molecular flexibility index (Phi) is 10.9. The molecule has 0 heterocycles. The van der Waals surface area contributed by atoms with Gasteiger partial charge in [-0.3, -0.25) is 9.59 Å². The van der Waals surface area contributed by atoms with Gasteiger partial charge < -0.3 is 10.2 Å². The zero-order valence-electron chi connectivity index (χ0n) is 19.6. The van der Waals surface area contributed by atoms with Crippen LogP contribution in [-0.2, 0) is 28.3 Å². The standard InChI is InChI=1S/C27H26Cl3FN2O2S/c1-2-32-27(35)25(14-18-7-4-3-5-8-18)33(15-19-11-12-22(29)23(30)13-19)26(34)17-36-16-20-21(28)9-6-10-24(20)31/h3-13,25H,2,14-17H2,1H3,(H,32,35)/t25-/m0/s1. The highest BCUT2D eigenvalue weighted by Gasteiger charge is 2.30. The number of carbonyl (C=O) groups is 2. The molecule has 36 heavy (non-hydrogen) atoms. The molecule has 0 fully saturated rings. The van der Waals surface area contributed by atoms with Crippen molar-refractivity contribution in [2.75, 3.05) is 12.3 Å². The quantitative estimate of drug-likeness (QED) is 0.277. The van der Waals surface area contributed by atoms with Gasteiger partial charge >= 0.3 is 0 Å². The molecule has 190 valence electrons. The summed E-state index contributed by atoms with van der Waals surface area (Å²) in [6.45, 7) is 2.42. The van der Waals surface area contributed by atoms with E-state index in [-0.39, 0.29) is 29.9 Å². The van der Waals surface area contributed by atoms with Crippen LogP contribution in [0, 0.1) is 5.82 Å². The molecule has 3 aromatic rings. The molecule has 3 rings (SSSR count). The molecule has 1 atom stereocenters. The largest absolute Gasteiger partial charge is 0.355 e. The smallest absolute Gasteiger partial charge is 0.243 e. The van der Waals surface area contributed by atoms with Gasteiger partial charge in [0.2, 0.25) is 11.8 Å². The summed E-state index contributed by atoms with van der Waals surface area (Å²) in [5.74, 6) is -0.666. The van der Waals surface area contributed by atoms with Crippen molar-refractivity contribution < 1.29 is 14.0 Å². The summed E-state index contributed by atoms with van der Waals surface area (Å²) in [6, 6.07) is 18.4. The Hall–Kier alpha value is -2.25. The maximum atomic E-state index is 14.2. The summed E-state index contributed by atoms with van der Waals surface area (Å²) in [7, 11) is 0. The summed E-state index contributed by atoms with van der Waals surface area (Å²) >= 11 is 19.7. The zero-order chi connectivity index (χ0) is 26.1. The fourth-order valence-electron chi connectivity index (χ4n) is 3.67. The van der Waals surface area contributed by atoms with Crippen molar-refractivity contribution in [3.63, 3.8) is 0 Å². The molecule has 3 aromatic carbocycles. The van der Waals surface area contributed by atoms with Crippen LogP contribution in [-0.4, -0.2) is 35.1 Å². The first kappa shape index (κ1) is 28.3. The molecule has 0 aliphatic heterocycles. The van der Waals surface area contributed by atoms with Gasteiger partial charge in [-0.15, -0.1) is 11.8 Å². The fourth-order valence-corrected chi connectivity index (χ4v) is 5.24. The van der Waals surface area contributed by atoms with Crippen molar-refractivity contribution in [2.45, 2.75) is 31.7 Å². The topological polar surface area (TPSA) is 49.4 Å². The molecule has 0 aliphatic rings. The molecule has 2 amide bonds. The van der Waals surface area contributed by atoms with E-state index in [0.29, 0.717) is 33.6 Å². The second-order valence-corrected chi connectivity index (χ2v) is 10.3. The van der Waals surface area contributed by atoms with Crippen LogP contribution in [0.4, 0.5) is 4.39 Å². The number of likely N-dealkylation sites (N-methyl/N-ethyl adjacent to an activating group) is 1. The lowest BCUT2D eigenvalue weighted by Crippen LogP contribution is -2.51. The third-order valence-corrected chi connectivity index (χ3v) is 7.53. The van der Waals surface area contributed by atoms with Gasteiger partial charge in [-0.05, 0) is 42.3 Å². The maximum Gasteiger partial charge on any atom is 0.243 e. The van der Waals surface area contributed by atoms with Crippen molar-refractivity contribution in [3.05, 3.63) is 104 Å². The first-order chi connectivity index (χ1) is 17.3. The summed E-state index contributed by atoms with van der Waals surface area (Å²) < 4.78 is 14.2. The number of nitrogens with zero attached hydrogens (tertiary/aromatic N) is 1. The molecule has 0 radical (unpaired) electrons. The monoisotopic (exact) mass is 566 g/mol. The number of thioether (sulfide) groups is 1. The zero-order valence-corrected chi connectivity index (χ0v) is 22.7. The molecular weight excluding hydrogens is 542 g/mol. The SMILES string of the molecule is CCNC(=O)[C@H](Cc1ccccc1)N(Cc1ccc(Cl)c(Cl)c1)C(=O)CSCc1c(F)cccc1Cl. The molecule has 9 heteroatoms. The molecule has 0 aliphatic carbocycles. The Morgan fingerprint density at radius 3 is 2.36 bits per heavy atom. The average Bonchev–Trinajstić information content (AvgIpc) is 2.86. The van der Waals surface area contributed by atoms with Crippen LogP contribution < -0.4 is 5.32 Å². The van der Waals surface area contributed by atoms with Crippen molar-refractivity contribution >= 4 is 58.4 Å². The minimum atomic E-state index is -0.757. The predicted molar refractivity (Wildman–Crippen MR) is 147 cm³/mol. The molecule has 1 N–H and O–H groups in total. The Morgan fingerprint density at radius 1 is 0.944 bits per heavy atom. The second kappa shape index (κ2) is 13.9. The van der Waals surface area contributed by atoms with Crippen molar-refractivity contribution in [1.29, 1.82) is 0 Å². The lowest BCUT2D eigenvalue weighted by Gasteiger charge is -2.31.